The van der Waals surface area contributed by atoms with Gasteiger partial charge in [0.1, 0.15) is 5.92 Å². The van der Waals surface area contributed by atoms with Gasteiger partial charge in [-0.3, -0.25) is 4.79 Å². The number of rotatable bonds is 3. The molecule has 19 heavy (non-hydrogen) atoms. The van der Waals surface area contributed by atoms with Crippen molar-refractivity contribution in [2.45, 2.75) is 20.3 Å². The van der Waals surface area contributed by atoms with Crippen molar-refractivity contribution in [3.8, 4) is 6.07 Å². The fourth-order valence-electron chi connectivity index (χ4n) is 2.01. The topological polar surface area (TPSA) is 52.9 Å². The minimum Gasteiger partial charge on any atom is -0.325 e. The molecule has 1 amide bonds. The van der Waals surface area contributed by atoms with Gasteiger partial charge in [0.05, 0.1) is 6.07 Å². The molecule has 3 nitrogen and oxygen atoms in total. The Morgan fingerprint density at radius 2 is 1.95 bits per heavy atom. The lowest BCUT2D eigenvalue weighted by molar-refractivity contribution is -0.118. The molecule has 0 bridgehead atoms. The van der Waals surface area contributed by atoms with Gasteiger partial charge in [-0.1, -0.05) is 36.8 Å². The average Bonchev–Trinajstić information content (AvgIpc) is 2.40. The smallest absolute Gasteiger partial charge is 0.241 e. The van der Waals surface area contributed by atoms with Crippen LogP contribution in [0, 0.1) is 24.2 Å². The Bertz CT molecular complexity index is 655. The van der Waals surface area contributed by atoms with Gasteiger partial charge in [0, 0.05) is 5.69 Å². The maximum absolute atomic E-state index is 11.8. The Balaban J connectivity index is 2.25. The van der Waals surface area contributed by atoms with Crippen molar-refractivity contribution in [2.24, 2.45) is 5.92 Å². The van der Waals surface area contributed by atoms with Crippen molar-refractivity contribution < 1.29 is 4.79 Å². The molecule has 0 aromatic heterocycles. The van der Waals surface area contributed by atoms with Gasteiger partial charge in [0.2, 0.25) is 5.91 Å². The van der Waals surface area contributed by atoms with Crippen LogP contribution in [0.25, 0.3) is 10.8 Å². The maximum Gasteiger partial charge on any atom is 0.241 e. The molecule has 0 heterocycles. The molecule has 0 radical (unpaired) electrons. The van der Waals surface area contributed by atoms with Crippen molar-refractivity contribution in [3.63, 3.8) is 0 Å². The van der Waals surface area contributed by atoms with Crippen LogP contribution < -0.4 is 5.32 Å². The summed E-state index contributed by atoms with van der Waals surface area (Å²) < 4.78 is 0. The fourth-order valence-corrected chi connectivity index (χ4v) is 2.01. The molecular weight excluding hydrogens is 236 g/mol. The number of aryl methyl sites for hydroxylation is 1. The number of fused-ring (bicyclic) bond motifs is 1. The predicted molar refractivity (Wildman–Crippen MR) is 76.7 cm³/mol. The highest BCUT2D eigenvalue weighted by Crippen LogP contribution is 2.21. The number of hydrogen-bond donors (Lipinski definition) is 1. The van der Waals surface area contributed by atoms with Gasteiger partial charge in [-0.25, -0.2) is 0 Å². The van der Waals surface area contributed by atoms with Gasteiger partial charge >= 0.3 is 0 Å². The number of nitrogens with one attached hydrogen (secondary N) is 1. The van der Waals surface area contributed by atoms with E-state index in [0.29, 0.717) is 6.42 Å². The Morgan fingerprint density at radius 3 is 2.63 bits per heavy atom. The molecule has 1 N–H and O–H groups in total. The van der Waals surface area contributed by atoms with Gasteiger partial charge < -0.3 is 5.32 Å². The monoisotopic (exact) mass is 252 g/mol. The van der Waals surface area contributed by atoms with Gasteiger partial charge in [0.25, 0.3) is 0 Å². The molecule has 3 heteroatoms. The van der Waals surface area contributed by atoms with Crippen LogP contribution in [0.4, 0.5) is 5.69 Å². The van der Waals surface area contributed by atoms with Crippen LogP contribution in [0.3, 0.4) is 0 Å². The van der Waals surface area contributed by atoms with Gasteiger partial charge in [-0.15, -0.1) is 0 Å². The molecule has 0 spiro atoms. The second-order valence-corrected chi connectivity index (χ2v) is 4.64. The van der Waals surface area contributed by atoms with Crippen molar-refractivity contribution in [3.05, 3.63) is 42.0 Å². The number of benzene rings is 2. The summed E-state index contributed by atoms with van der Waals surface area (Å²) in [5.41, 5.74) is 1.94. The summed E-state index contributed by atoms with van der Waals surface area (Å²) in [4.78, 5) is 11.8. The molecular formula is C16H16N2O. The van der Waals surface area contributed by atoms with E-state index in [4.69, 9.17) is 5.26 Å². The number of nitriles is 1. The molecule has 1 unspecified atom stereocenters. The molecule has 0 aliphatic carbocycles. The fraction of sp³-hybridized carbons (Fsp3) is 0.250. The summed E-state index contributed by atoms with van der Waals surface area (Å²) in [5.74, 6) is -0.829. The van der Waals surface area contributed by atoms with Crippen molar-refractivity contribution in [1.29, 1.82) is 5.26 Å². The summed E-state index contributed by atoms with van der Waals surface area (Å²) in [7, 11) is 0. The normalized spacial score (nSPS) is 11.8. The Morgan fingerprint density at radius 1 is 1.26 bits per heavy atom. The standard InChI is InChI=1S/C16H16N2O/c1-3-12(10-17)16(19)18-15-7-6-13-8-11(2)4-5-14(13)9-15/h4-9,12H,3H2,1-2H3,(H,18,19). The van der Waals surface area contributed by atoms with Crippen molar-refractivity contribution >= 4 is 22.4 Å². The Kier molecular flexibility index (Phi) is 3.82. The zero-order valence-corrected chi connectivity index (χ0v) is 11.1. The molecule has 0 saturated carbocycles. The first-order valence-electron chi connectivity index (χ1n) is 6.35. The predicted octanol–water partition coefficient (Wildman–Crippen LogP) is 3.64. The number of carbonyl (C=O) groups excluding carboxylic acids is 1. The second-order valence-electron chi connectivity index (χ2n) is 4.64. The van der Waals surface area contributed by atoms with E-state index in [1.54, 1.807) is 0 Å². The van der Waals surface area contributed by atoms with Crippen molar-refractivity contribution in [2.75, 3.05) is 5.32 Å². The average molecular weight is 252 g/mol. The largest absolute Gasteiger partial charge is 0.325 e. The van der Waals surface area contributed by atoms with E-state index in [-0.39, 0.29) is 5.91 Å². The first-order chi connectivity index (χ1) is 9.13. The molecule has 0 saturated heterocycles. The lowest BCUT2D eigenvalue weighted by Gasteiger charge is -2.09. The quantitative estimate of drug-likeness (QED) is 0.906. The number of amides is 1. The third kappa shape index (κ3) is 2.92. The lowest BCUT2D eigenvalue weighted by atomic mass is 10.1. The lowest BCUT2D eigenvalue weighted by Crippen LogP contribution is -2.20. The number of nitrogens with zero attached hydrogens (tertiary/aromatic N) is 1. The van der Waals surface area contributed by atoms with Crippen LogP contribution in [-0.4, -0.2) is 5.91 Å². The summed E-state index contributed by atoms with van der Waals surface area (Å²) in [5, 5.41) is 13.9. The summed E-state index contributed by atoms with van der Waals surface area (Å²) >= 11 is 0. The minimum atomic E-state index is -0.589. The van der Waals surface area contributed by atoms with E-state index in [1.807, 2.05) is 50.2 Å². The first kappa shape index (κ1) is 13.1. The highest BCUT2D eigenvalue weighted by atomic mass is 16.1. The van der Waals surface area contributed by atoms with Crippen LogP contribution in [0.15, 0.2) is 36.4 Å². The van der Waals surface area contributed by atoms with Crippen LogP contribution in [0.5, 0.6) is 0 Å². The summed E-state index contributed by atoms with van der Waals surface area (Å²) in [6.07, 6.45) is 0.523. The number of anilines is 1. The van der Waals surface area contributed by atoms with E-state index in [2.05, 4.69) is 11.4 Å². The SMILES string of the molecule is CCC(C#N)C(=O)Nc1ccc2cc(C)ccc2c1. The van der Waals surface area contributed by atoms with E-state index in [1.165, 1.54) is 5.56 Å². The first-order valence-corrected chi connectivity index (χ1v) is 6.35. The third-order valence-electron chi connectivity index (χ3n) is 3.14. The highest BCUT2D eigenvalue weighted by Gasteiger charge is 2.15. The Labute approximate surface area is 112 Å². The third-order valence-corrected chi connectivity index (χ3v) is 3.14. The van der Waals surface area contributed by atoms with E-state index >= 15 is 0 Å². The van der Waals surface area contributed by atoms with E-state index in [0.717, 1.165) is 16.5 Å². The van der Waals surface area contributed by atoms with Gasteiger partial charge in [-0.2, -0.15) is 5.26 Å². The molecule has 0 fully saturated rings. The summed E-state index contributed by atoms with van der Waals surface area (Å²) in [6, 6.07) is 13.9. The van der Waals surface area contributed by atoms with Crippen LogP contribution >= 0.6 is 0 Å². The molecule has 96 valence electrons. The molecule has 2 aromatic rings. The highest BCUT2D eigenvalue weighted by molar-refractivity contribution is 5.96. The van der Waals surface area contributed by atoms with E-state index in [9.17, 15) is 4.79 Å². The second kappa shape index (κ2) is 5.53. The van der Waals surface area contributed by atoms with Crippen LogP contribution in [0.1, 0.15) is 18.9 Å². The minimum absolute atomic E-state index is 0.239. The van der Waals surface area contributed by atoms with Crippen LogP contribution in [-0.2, 0) is 4.79 Å². The molecule has 1 atom stereocenters. The van der Waals surface area contributed by atoms with Gasteiger partial charge in [0.15, 0.2) is 0 Å². The Hall–Kier alpha value is -2.34. The zero-order chi connectivity index (χ0) is 13.8. The van der Waals surface area contributed by atoms with Crippen molar-refractivity contribution in [1.82, 2.24) is 0 Å². The van der Waals surface area contributed by atoms with Gasteiger partial charge in [-0.05, 0) is 36.2 Å². The summed E-state index contributed by atoms with van der Waals surface area (Å²) in [6.45, 7) is 3.88. The molecule has 2 aromatic carbocycles. The molecule has 2 rings (SSSR count). The van der Waals surface area contributed by atoms with Crippen LogP contribution in [0.2, 0.25) is 0 Å². The number of hydrogen-bond acceptors (Lipinski definition) is 2. The van der Waals surface area contributed by atoms with E-state index < -0.39 is 5.92 Å². The number of carbonyl (C=O) groups is 1. The zero-order valence-electron chi connectivity index (χ0n) is 11.1. The molecule has 0 aliphatic heterocycles. The maximum atomic E-state index is 11.8. The molecule has 0 aliphatic rings.